The predicted octanol–water partition coefficient (Wildman–Crippen LogP) is 0.929. The van der Waals surface area contributed by atoms with Crippen LogP contribution >= 0.6 is 0 Å². The lowest BCUT2D eigenvalue weighted by Crippen LogP contribution is -2.04. The van der Waals surface area contributed by atoms with Crippen LogP contribution in [0.3, 0.4) is 0 Å². The van der Waals surface area contributed by atoms with Crippen molar-refractivity contribution in [3.63, 3.8) is 0 Å². The van der Waals surface area contributed by atoms with E-state index in [9.17, 15) is 0 Å². The second-order valence-electron chi connectivity index (χ2n) is 3.71. The van der Waals surface area contributed by atoms with Crippen LogP contribution < -0.4 is 4.74 Å². The number of hydrogen-bond donors (Lipinski definition) is 1. The summed E-state index contributed by atoms with van der Waals surface area (Å²) in [6.07, 6.45) is 2.17. The zero-order valence-corrected chi connectivity index (χ0v) is 9.71. The standard InChI is InChI=1S/C12H15N3O2/c1-15-12(13-9-14-15)8-17-11-4-2-10(3-5-11)6-7-16/h2-5,9,16H,6-8H2,1H3. The molecular weight excluding hydrogens is 218 g/mol. The fourth-order valence-electron chi connectivity index (χ4n) is 1.48. The maximum Gasteiger partial charge on any atom is 0.164 e. The number of rotatable bonds is 5. The Morgan fingerprint density at radius 3 is 2.65 bits per heavy atom. The third-order valence-electron chi connectivity index (χ3n) is 2.50. The molecule has 0 aliphatic rings. The number of aromatic nitrogens is 3. The first-order chi connectivity index (χ1) is 8.29. The fourth-order valence-corrected chi connectivity index (χ4v) is 1.48. The van der Waals surface area contributed by atoms with Gasteiger partial charge in [-0.15, -0.1) is 0 Å². The third-order valence-corrected chi connectivity index (χ3v) is 2.50. The Labute approximate surface area is 99.7 Å². The van der Waals surface area contributed by atoms with Crippen LogP contribution in [0.15, 0.2) is 30.6 Å². The summed E-state index contributed by atoms with van der Waals surface area (Å²) in [5.74, 6) is 1.57. The predicted molar refractivity (Wildman–Crippen MR) is 62.6 cm³/mol. The third kappa shape index (κ3) is 3.04. The zero-order valence-electron chi connectivity index (χ0n) is 9.71. The molecule has 1 aromatic carbocycles. The topological polar surface area (TPSA) is 60.2 Å². The van der Waals surface area contributed by atoms with E-state index in [4.69, 9.17) is 9.84 Å². The van der Waals surface area contributed by atoms with E-state index in [1.165, 1.54) is 6.33 Å². The van der Waals surface area contributed by atoms with Crippen LogP contribution in [0.5, 0.6) is 5.75 Å². The van der Waals surface area contributed by atoms with Crippen molar-refractivity contribution in [3.05, 3.63) is 42.0 Å². The molecule has 2 aromatic rings. The van der Waals surface area contributed by atoms with Gasteiger partial charge >= 0.3 is 0 Å². The Balaban J connectivity index is 1.93. The Bertz CT molecular complexity index is 465. The van der Waals surface area contributed by atoms with E-state index in [-0.39, 0.29) is 6.61 Å². The number of ether oxygens (including phenoxy) is 1. The second-order valence-corrected chi connectivity index (χ2v) is 3.71. The molecule has 0 saturated heterocycles. The van der Waals surface area contributed by atoms with Gasteiger partial charge in [0.1, 0.15) is 18.7 Å². The minimum Gasteiger partial charge on any atom is -0.486 e. The summed E-state index contributed by atoms with van der Waals surface area (Å²) >= 11 is 0. The molecule has 0 bridgehead atoms. The van der Waals surface area contributed by atoms with Crippen LogP contribution in [0.25, 0.3) is 0 Å². The zero-order chi connectivity index (χ0) is 12.1. The van der Waals surface area contributed by atoms with E-state index in [2.05, 4.69) is 10.1 Å². The summed E-state index contributed by atoms with van der Waals surface area (Å²) in [5.41, 5.74) is 1.10. The second kappa shape index (κ2) is 5.45. The highest BCUT2D eigenvalue weighted by Crippen LogP contribution is 2.13. The fraction of sp³-hybridized carbons (Fsp3) is 0.333. The molecule has 0 aliphatic carbocycles. The molecule has 0 unspecified atom stereocenters. The Morgan fingerprint density at radius 2 is 2.06 bits per heavy atom. The van der Waals surface area contributed by atoms with Gasteiger partial charge in [0.15, 0.2) is 5.82 Å². The minimum atomic E-state index is 0.166. The molecular formula is C12H15N3O2. The van der Waals surface area contributed by atoms with E-state index in [0.29, 0.717) is 13.0 Å². The molecule has 17 heavy (non-hydrogen) atoms. The maximum atomic E-state index is 8.80. The van der Waals surface area contributed by atoms with E-state index in [0.717, 1.165) is 17.1 Å². The van der Waals surface area contributed by atoms with Gasteiger partial charge in [0.2, 0.25) is 0 Å². The molecule has 5 nitrogen and oxygen atoms in total. The molecule has 0 aliphatic heterocycles. The molecule has 0 radical (unpaired) electrons. The van der Waals surface area contributed by atoms with E-state index < -0.39 is 0 Å². The van der Waals surface area contributed by atoms with Crippen LogP contribution in [0.4, 0.5) is 0 Å². The highest BCUT2D eigenvalue weighted by molar-refractivity contribution is 5.27. The van der Waals surface area contributed by atoms with Crippen LogP contribution in [0.1, 0.15) is 11.4 Å². The SMILES string of the molecule is Cn1ncnc1COc1ccc(CCO)cc1. The average Bonchev–Trinajstić information content (AvgIpc) is 2.75. The summed E-state index contributed by atoms with van der Waals surface area (Å²) in [7, 11) is 1.83. The van der Waals surface area contributed by atoms with Crippen LogP contribution in [-0.4, -0.2) is 26.5 Å². The molecule has 0 amide bonds. The van der Waals surface area contributed by atoms with E-state index >= 15 is 0 Å². The lowest BCUT2D eigenvalue weighted by molar-refractivity contribution is 0.289. The van der Waals surface area contributed by atoms with Gasteiger partial charge in [0.05, 0.1) is 0 Å². The van der Waals surface area contributed by atoms with Gasteiger partial charge in [-0.1, -0.05) is 12.1 Å². The van der Waals surface area contributed by atoms with Crippen LogP contribution in [0.2, 0.25) is 0 Å². The number of aliphatic hydroxyl groups is 1. The molecule has 5 heteroatoms. The van der Waals surface area contributed by atoms with Gasteiger partial charge in [-0.3, -0.25) is 4.68 Å². The molecule has 1 N–H and O–H groups in total. The summed E-state index contributed by atoms with van der Waals surface area (Å²) in [6, 6.07) is 7.67. The first-order valence-corrected chi connectivity index (χ1v) is 5.45. The smallest absolute Gasteiger partial charge is 0.164 e. The van der Waals surface area contributed by atoms with Gasteiger partial charge in [-0.05, 0) is 24.1 Å². The summed E-state index contributed by atoms with van der Waals surface area (Å²) in [4.78, 5) is 4.07. The average molecular weight is 233 g/mol. The van der Waals surface area contributed by atoms with Crippen LogP contribution in [0, 0.1) is 0 Å². The van der Waals surface area contributed by atoms with Crippen molar-refractivity contribution in [2.75, 3.05) is 6.61 Å². The number of hydrogen-bond acceptors (Lipinski definition) is 4. The highest BCUT2D eigenvalue weighted by atomic mass is 16.5. The van der Waals surface area contributed by atoms with Crippen molar-refractivity contribution in [2.24, 2.45) is 7.05 Å². The molecule has 1 aromatic heterocycles. The number of aliphatic hydroxyl groups excluding tert-OH is 1. The number of aryl methyl sites for hydroxylation is 1. The molecule has 2 rings (SSSR count). The molecule has 0 atom stereocenters. The maximum absolute atomic E-state index is 8.80. The quantitative estimate of drug-likeness (QED) is 0.834. The normalized spacial score (nSPS) is 10.5. The minimum absolute atomic E-state index is 0.166. The summed E-state index contributed by atoms with van der Waals surface area (Å²) in [6.45, 7) is 0.564. The molecule has 0 saturated carbocycles. The van der Waals surface area contributed by atoms with E-state index in [1.54, 1.807) is 4.68 Å². The number of benzene rings is 1. The summed E-state index contributed by atoms with van der Waals surface area (Å²) < 4.78 is 7.26. The van der Waals surface area contributed by atoms with Gasteiger partial charge in [0, 0.05) is 13.7 Å². The van der Waals surface area contributed by atoms with Gasteiger partial charge in [-0.2, -0.15) is 5.10 Å². The molecule has 90 valence electrons. The lowest BCUT2D eigenvalue weighted by atomic mass is 10.1. The Morgan fingerprint density at radius 1 is 1.29 bits per heavy atom. The molecule has 0 spiro atoms. The van der Waals surface area contributed by atoms with E-state index in [1.807, 2.05) is 31.3 Å². The van der Waals surface area contributed by atoms with Crippen molar-refractivity contribution < 1.29 is 9.84 Å². The van der Waals surface area contributed by atoms with Crippen LogP contribution in [-0.2, 0) is 20.1 Å². The molecule has 0 fully saturated rings. The number of nitrogens with zero attached hydrogens (tertiary/aromatic N) is 3. The van der Waals surface area contributed by atoms with Crippen molar-refractivity contribution in [1.82, 2.24) is 14.8 Å². The monoisotopic (exact) mass is 233 g/mol. The van der Waals surface area contributed by atoms with Crippen molar-refractivity contribution in [2.45, 2.75) is 13.0 Å². The van der Waals surface area contributed by atoms with Crippen molar-refractivity contribution in [3.8, 4) is 5.75 Å². The first-order valence-electron chi connectivity index (χ1n) is 5.45. The van der Waals surface area contributed by atoms with Gasteiger partial charge in [-0.25, -0.2) is 4.98 Å². The van der Waals surface area contributed by atoms with Crippen molar-refractivity contribution in [1.29, 1.82) is 0 Å². The van der Waals surface area contributed by atoms with Gasteiger partial charge in [0.25, 0.3) is 0 Å². The lowest BCUT2D eigenvalue weighted by Gasteiger charge is -2.06. The largest absolute Gasteiger partial charge is 0.486 e. The van der Waals surface area contributed by atoms with Gasteiger partial charge < -0.3 is 9.84 Å². The Hall–Kier alpha value is -1.88. The Kier molecular flexibility index (Phi) is 3.72. The van der Waals surface area contributed by atoms with Crippen molar-refractivity contribution >= 4 is 0 Å². The first kappa shape index (κ1) is 11.6. The highest BCUT2D eigenvalue weighted by Gasteiger charge is 2.01. The molecule has 1 heterocycles. The summed E-state index contributed by atoms with van der Waals surface area (Å²) in [5, 5.41) is 12.8.